The van der Waals surface area contributed by atoms with Gasteiger partial charge >= 0.3 is 0 Å². The van der Waals surface area contributed by atoms with Crippen molar-refractivity contribution in [1.29, 1.82) is 5.26 Å². The van der Waals surface area contributed by atoms with Crippen LogP contribution in [0, 0.1) is 17.2 Å². The lowest BCUT2D eigenvalue weighted by molar-refractivity contribution is 0.355. The van der Waals surface area contributed by atoms with E-state index in [0.29, 0.717) is 17.4 Å². The van der Waals surface area contributed by atoms with Gasteiger partial charge in [-0.15, -0.1) is 0 Å². The van der Waals surface area contributed by atoms with Gasteiger partial charge in [0.15, 0.2) is 0 Å². The smallest absolute Gasteiger partial charge is 0.136 e. The van der Waals surface area contributed by atoms with Gasteiger partial charge in [0.05, 0.1) is 12.7 Å². The van der Waals surface area contributed by atoms with Crippen molar-refractivity contribution in [3.05, 3.63) is 29.3 Å². The molecule has 0 saturated heterocycles. The molecule has 1 N–H and O–H groups in total. The lowest BCUT2D eigenvalue weighted by atomic mass is 9.96. The highest BCUT2D eigenvalue weighted by Gasteiger charge is 2.19. The zero-order chi connectivity index (χ0) is 14.4. The average molecular weight is 272 g/mol. The molecule has 0 heterocycles. The van der Waals surface area contributed by atoms with Gasteiger partial charge in [-0.25, -0.2) is 0 Å². The third-order valence-corrected chi connectivity index (χ3v) is 4.32. The Bertz CT molecular complexity index is 478. The van der Waals surface area contributed by atoms with Gasteiger partial charge in [0.2, 0.25) is 0 Å². The summed E-state index contributed by atoms with van der Waals surface area (Å²) < 4.78 is 5.26. The van der Waals surface area contributed by atoms with Crippen LogP contribution in [0.25, 0.3) is 0 Å². The lowest BCUT2D eigenvalue weighted by Gasteiger charge is -2.23. The Balaban J connectivity index is 1.98. The van der Waals surface area contributed by atoms with E-state index in [1.807, 2.05) is 18.2 Å². The molecule has 1 aliphatic rings. The molecule has 1 saturated carbocycles. The number of nitrogens with one attached hydrogen (secondary N) is 1. The molecular formula is C17H24N2O. The number of methoxy groups -OCH3 is 1. The van der Waals surface area contributed by atoms with Gasteiger partial charge in [-0.1, -0.05) is 32.3 Å². The largest absolute Gasteiger partial charge is 0.495 e. The third-order valence-electron chi connectivity index (χ3n) is 4.32. The second-order valence-electron chi connectivity index (χ2n) is 5.75. The van der Waals surface area contributed by atoms with Crippen LogP contribution in [0.4, 0.5) is 0 Å². The Morgan fingerprint density at radius 1 is 1.30 bits per heavy atom. The molecule has 0 aromatic heterocycles. The summed E-state index contributed by atoms with van der Waals surface area (Å²) >= 11 is 0. The molecule has 0 aliphatic heterocycles. The average Bonchev–Trinajstić information content (AvgIpc) is 2.69. The predicted octanol–water partition coefficient (Wildman–Crippen LogP) is 3.63. The van der Waals surface area contributed by atoms with Gasteiger partial charge in [-0.05, 0) is 36.5 Å². The van der Waals surface area contributed by atoms with Crippen molar-refractivity contribution in [2.45, 2.75) is 51.6 Å². The van der Waals surface area contributed by atoms with Crippen LogP contribution in [-0.2, 0) is 6.54 Å². The fraction of sp³-hybridized carbons (Fsp3) is 0.588. The first-order valence-electron chi connectivity index (χ1n) is 7.55. The number of rotatable bonds is 4. The molecule has 108 valence electrons. The molecule has 2 atom stereocenters. The van der Waals surface area contributed by atoms with Crippen LogP contribution in [0.3, 0.4) is 0 Å². The molecule has 1 aliphatic carbocycles. The predicted molar refractivity (Wildman–Crippen MR) is 80.6 cm³/mol. The molecule has 20 heavy (non-hydrogen) atoms. The summed E-state index contributed by atoms with van der Waals surface area (Å²) in [4.78, 5) is 0. The van der Waals surface area contributed by atoms with Crippen LogP contribution in [-0.4, -0.2) is 13.2 Å². The van der Waals surface area contributed by atoms with E-state index in [0.717, 1.165) is 12.5 Å². The van der Waals surface area contributed by atoms with E-state index in [1.165, 1.54) is 37.7 Å². The molecule has 3 heteroatoms. The lowest BCUT2D eigenvalue weighted by Crippen LogP contribution is -2.33. The zero-order valence-corrected chi connectivity index (χ0v) is 12.5. The molecular weight excluding hydrogens is 248 g/mol. The minimum atomic E-state index is 0.596. The monoisotopic (exact) mass is 272 g/mol. The maximum atomic E-state index is 8.99. The standard InChI is InChI=1S/C17H24N2O/c1-13-6-4-3-5-7-16(13)19-12-14-8-9-15(11-18)17(10-14)20-2/h8-10,13,16,19H,3-7,12H2,1-2H3. The van der Waals surface area contributed by atoms with Crippen molar-refractivity contribution >= 4 is 0 Å². The van der Waals surface area contributed by atoms with E-state index >= 15 is 0 Å². The number of hydrogen-bond donors (Lipinski definition) is 1. The van der Waals surface area contributed by atoms with E-state index in [9.17, 15) is 0 Å². The highest BCUT2D eigenvalue weighted by molar-refractivity contribution is 5.45. The summed E-state index contributed by atoms with van der Waals surface area (Å²) in [5.74, 6) is 1.42. The topological polar surface area (TPSA) is 45.0 Å². The highest BCUT2D eigenvalue weighted by Crippen LogP contribution is 2.24. The number of hydrogen-bond acceptors (Lipinski definition) is 3. The molecule has 0 amide bonds. The van der Waals surface area contributed by atoms with Crippen molar-refractivity contribution in [2.24, 2.45) is 5.92 Å². The first-order chi connectivity index (χ1) is 9.74. The van der Waals surface area contributed by atoms with Crippen molar-refractivity contribution < 1.29 is 4.74 Å². The fourth-order valence-corrected chi connectivity index (χ4v) is 2.98. The number of benzene rings is 1. The number of ether oxygens (including phenoxy) is 1. The van der Waals surface area contributed by atoms with E-state index < -0.39 is 0 Å². The van der Waals surface area contributed by atoms with Gasteiger partial charge in [0.25, 0.3) is 0 Å². The molecule has 0 spiro atoms. The summed E-state index contributed by atoms with van der Waals surface area (Å²) in [6.45, 7) is 3.19. The van der Waals surface area contributed by atoms with Crippen LogP contribution >= 0.6 is 0 Å². The summed E-state index contributed by atoms with van der Waals surface area (Å²) in [5.41, 5.74) is 1.77. The van der Waals surface area contributed by atoms with Gasteiger partial charge in [0.1, 0.15) is 11.8 Å². The van der Waals surface area contributed by atoms with Crippen molar-refractivity contribution in [3.63, 3.8) is 0 Å². The van der Waals surface area contributed by atoms with Crippen LogP contribution < -0.4 is 10.1 Å². The van der Waals surface area contributed by atoms with Crippen molar-refractivity contribution in [3.8, 4) is 11.8 Å². The second-order valence-corrected chi connectivity index (χ2v) is 5.75. The fourth-order valence-electron chi connectivity index (χ4n) is 2.98. The molecule has 2 unspecified atom stereocenters. The van der Waals surface area contributed by atoms with E-state index in [2.05, 4.69) is 18.3 Å². The summed E-state index contributed by atoms with van der Waals surface area (Å²) in [6, 6.07) is 8.57. The third kappa shape index (κ3) is 3.74. The summed E-state index contributed by atoms with van der Waals surface area (Å²) in [6.07, 6.45) is 6.67. The van der Waals surface area contributed by atoms with Gasteiger partial charge < -0.3 is 10.1 Å². The molecule has 2 rings (SSSR count). The Hall–Kier alpha value is -1.53. The number of nitriles is 1. The first kappa shape index (κ1) is 14.9. The van der Waals surface area contributed by atoms with Crippen molar-refractivity contribution in [1.82, 2.24) is 5.32 Å². The van der Waals surface area contributed by atoms with Crippen LogP contribution in [0.15, 0.2) is 18.2 Å². The van der Waals surface area contributed by atoms with E-state index in [-0.39, 0.29) is 0 Å². The van der Waals surface area contributed by atoms with E-state index in [1.54, 1.807) is 7.11 Å². The van der Waals surface area contributed by atoms with Gasteiger partial charge in [0, 0.05) is 12.6 Å². The Labute approximate surface area is 121 Å². The second kappa shape index (κ2) is 7.31. The van der Waals surface area contributed by atoms with Crippen LogP contribution in [0.2, 0.25) is 0 Å². The minimum absolute atomic E-state index is 0.596. The van der Waals surface area contributed by atoms with Crippen molar-refractivity contribution in [2.75, 3.05) is 7.11 Å². The normalized spacial score (nSPS) is 22.9. The number of nitrogens with zero attached hydrogens (tertiary/aromatic N) is 1. The van der Waals surface area contributed by atoms with Gasteiger partial charge in [-0.3, -0.25) is 0 Å². The van der Waals surface area contributed by atoms with Crippen LogP contribution in [0.1, 0.15) is 50.2 Å². The highest BCUT2D eigenvalue weighted by atomic mass is 16.5. The SMILES string of the molecule is COc1cc(CNC2CCCCCC2C)ccc1C#N. The quantitative estimate of drug-likeness (QED) is 0.851. The Morgan fingerprint density at radius 3 is 2.85 bits per heavy atom. The first-order valence-corrected chi connectivity index (χ1v) is 7.55. The van der Waals surface area contributed by atoms with Crippen LogP contribution in [0.5, 0.6) is 5.75 Å². The summed E-state index contributed by atoms with van der Waals surface area (Å²) in [5, 5.41) is 12.7. The van der Waals surface area contributed by atoms with Gasteiger partial charge in [-0.2, -0.15) is 5.26 Å². The zero-order valence-electron chi connectivity index (χ0n) is 12.5. The molecule has 1 fully saturated rings. The molecule has 0 bridgehead atoms. The Kier molecular flexibility index (Phi) is 5.43. The Morgan fingerprint density at radius 2 is 2.10 bits per heavy atom. The molecule has 1 aromatic carbocycles. The molecule has 0 radical (unpaired) electrons. The summed E-state index contributed by atoms with van der Waals surface area (Å²) in [7, 11) is 1.61. The minimum Gasteiger partial charge on any atom is -0.495 e. The molecule has 1 aromatic rings. The maximum absolute atomic E-state index is 8.99. The molecule has 3 nitrogen and oxygen atoms in total. The van der Waals surface area contributed by atoms with E-state index in [4.69, 9.17) is 10.00 Å². The maximum Gasteiger partial charge on any atom is 0.136 e.